The van der Waals surface area contributed by atoms with Gasteiger partial charge >= 0.3 is 11.2 Å². The van der Waals surface area contributed by atoms with Crippen molar-refractivity contribution in [2.45, 2.75) is 24.5 Å². The molecule has 0 radical (unpaired) electrons. The molecule has 1 aliphatic rings. The lowest BCUT2D eigenvalue weighted by Gasteiger charge is -2.23. The van der Waals surface area contributed by atoms with E-state index in [-0.39, 0.29) is 24.3 Å². The third-order valence-corrected chi connectivity index (χ3v) is 4.46. The van der Waals surface area contributed by atoms with Crippen LogP contribution in [0.25, 0.3) is 0 Å². The number of nitrogens with one attached hydrogen (secondary N) is 2. The van der Waals surface area contributed by atoms with Gasteiger partial charge < -0.3 is 15.2 Å². The number of amides is 2. The molecule has 7 nitrogen and oxygen atoms in total. The van der Waals surface area contributed by atoms with Crippen LogP contribution in [0.3, 0.4) is 0 Å². The lowest BCUT2D eigenvalue weighted by molar-refractivity contribution is -0.136. The molecule has 1 fully saturated rings. The average molecular weight is 339 g/mol. The third-order valence-electron chi connectivity index (χ3n) is 3.64. The highest BCUT2D eigenvalue weighted by molar-refractivity contribution is 7.87. The van der Waals surface area contributed by atoms with Crippen molar-refractivity contribution in [1.82, 2.24) is 10.6 Å². The van der Waals surface area contributed by atoms with E-state index in [0.29, 0.717) is 13.0 Å². The Balaban J connectivity index is 2.54. The van der Waals surface area contributed by atoms with E-state index < -0.39 is 21.3 Å². The molecule has 2 atom stereocenters. The zero-order valence-electron chi connectivity index (χ0n) is 11.7. The van der Waals surface area contributed by atoms with E-state index >= 15 is 0 Å². The number of halogens is 2. The Bertz CT molecular complexity index is 550. The maximum Gasteiger partial charge on any atom is 0.410 e. The lowest BCUT2D eigenvalue weighted by Crippen LogP contribution is -2.47. The predicted octanol–water partition coefficient (Wildman–Crippen LogP) is -0.0409. The summed E-state index contributed by atoms with van der Waals surface area (Å²) in [5, 5.41) is -0.603. The van der Waals surface area contributed by atoms with Gasteiger partial charge in [0.05, 0.1) is 0 Å². The summed E-state index contributed by atoms with van der Waals surface area (Å²) in [6.07, 6.45) is 3.29. The summed E-state index contributed by atoms with van der Waals surface area (Å²) < 4.78 is 57.1. The molecule has 1 aliphatic carbocycles. The van der Waals surface area contributed by atoms with Gasteiger partial charge in [-0.2, -0.15) is 8.78 Å². The first-order chi connectivity index (χ1) is 10.1. The van der Waals surface area contributed by atoms with Crippen molar-refractivity contribution in [1.29, 1.82) is 0 Å². The molecule has 0 aromatic carbocycles. The van der Waals surface area contributed by atoms with E-state index in [1.54, 1.807) is 5.32 Å². The van der Waals surface area contributed by atoms with Crippen molar-refractivity contribution in [3.05, 3.63) is 12.7 Å². The molecule has 0 aliphatic heterocycles. The Hall–Kier alpha value is -1.55. The summed E-state index contributed by atoms with van der Waals surface area (Å²) in [5.41, 5.74) is 0. The molecule has 126 valence electrons. The van der Waals surface area contributed by atoms with Crippen LogP contribution in [0.4, 0.5) is 8.78 Å². The first kappa shape index (κ1) is 18.5. The number of carbonyl (C=O) groups excluding carboxylic acids is 2. The van der Waals surface area contributed by atoms with Crippen LogP contribution in [0.15, 0.2) is 12.7 Å². The van der Waals surface area contributed by atoms with Crippen LogP contribution in [0.5, 0.6) is 0 Å². The zero-order valence-corrected chi connectivity index (χ0v) is 12.5. The monoisotopic (exact) mass is 339 g/mol. The largest absolute Gasteiger partial charge is 0.743 e. The standard InChI is InChI=1S/C12H18F2N2O5S/c1-2-10(17)15-6-8-4-3-5-9(8)7-16-11(18)12(13,14)22(19,20)21/h2,8-9H,1,3-7H2,(H,15,17)(H,16,18)(H,19,20,21)/p-1. The highest BCUT2D eigenvalue weighted by atomic mass is 32.2. The fourth-order valence-corrected chi connectivity index (χ4v) is 2.69. The molecule has 0 bridgehead atoms. The van der Waals surface area contributed by atoms with Crippen LogP contribution in [-0.4, -0.2) is 43.1 Å². The summed E-state index contributed by atoms with van der Waals surface area (Å²) >= 11 is 0. The van der Waals surface area contributed by atoms with Gasteiger partial charge in [0.1, 0.15) is 0 Å². The van der Waals surface area contributed by atoms with Crippen molar-refractivity contribution in [3.8, 4) is 0 Å². The van der Waals surface area contributed by atoms with Crippen molar-refractivity contribution < 1.29 is 31.3 Å². The smallest absolute Gasteiger partial charge is 0.410 e. The molecule has 0 aromatic rings. The normalized spacial score (nSPS) is 22.1. The van der Waals surface area contributed by atoms with E-state index in [2.05, 4.69) is 11.9 Å². The molecule has 2 N–H and O–H groups in total. The van der Waals surface area contributed by atoms with E-state index in [1.165, 1.54) is 0 Å². The maximum absolute atomic E-state index is 13.0. The minimum atomic E-state index is -6.05. The number of hydrogen-bond donors (Lipinski definition) is 2. The Morgan fingerprint density at radius 2 is 1.73 bits per heavy atom. The second kappa shape index (κ2) is 7.14. The summed E-state index contributed by atoms with van der Waals surface area (Å²) in [6.45, 7) is 3.42. The highest BCUT2D eigenvalue weighted by Crippen LogP contribution is 2.31. The number of rotatable bonds is 7. The Kier molecular flexibility index (Phi) is 6.00. The first-order valence-corrected chi connectivity index (χ1v) is 8.02. The molecule has 2 unspecified atom stereocenters. The fraction of sp³-hybridized carbons (Fsp3) is 0.667. The second-order valence-electron chi connectivity index (χ2n) is 5.08. The van der Waals surface area contributed by atoms with E-state index in [9.17, 15) is 31.3 Å². The summed E-state index contributed by atoms with van der Waals surface area (Å²) in [7, 11) is -6.05. The molecule has 0 spiro atoms. The number of carbonyl (C=O) groups is 2. The lowest BCUT2D eigenvalue weighted by atomic mass is 9.96. The van der Waals surface area contributed by atoms with Crippen molar-refractivity contribution in [3.63, 3.8) is 0 Å². The van der Waals surface area contributed by atoms with Gasteiger partial charge in [0.25, 0.3) is 0 Å². The van der Waals surface area contributed by atoms with Crippen molar-refractivity contribution in [2.24, 2.45) is 11.8 Å². The van der Waals surface area contributed by atoms with Crippen LogP contribution in [0, 0.1) is 11.8 Å². The molecule has 1 rings (SSSR count). The van der Waals surface area contributed by atoms with Crippen LogP contribution < -0.4 is 10.6 Å². The Labute approximate surface area is 126 Å². The maximum atomic E-state index is 13.0. The van der Waals surface area contributed by atoms with Crippen LogP contribution >= 0.6 is 0 Å². The van der Waals surface area contributed by atoms with Gasteiger partial charge in [0.15, 0.2) is 10.1 Å². The van der Waals surface area contributed by atoms with Gasteiger partial charge in [0.2, 0.25) is 5.91 Å². The minimum absolute atomic E-state index is 0.0262. The van der Waals surface area contributed by atoms with Crippen LogP contribution in [0.1, 0.15) is 19.3 Å². The number of alkyl halides is 2. The first-order valence-electron chi connectivity index (χ1n) is 6.61. The highest BCUT2D eigenvalue weighted by Gasteiger charge is 2.46. The molecular weight excluding hydrogens is 322 g/mol. The molecule has 0 heterocycles. The quantitative estimate of drug-likeness (QED) is 0.499. The molecular formula is C12H17F2N2O5S-. The molecule has 22 heavy (non-hydrogen) atoms. The number of hydrogen-bond acceptors (Lipinski definition) is 5. The molecule has 2 amide bonds. The van der Waals surface area contributed by atoms with Crippen molar-refractivity contribution in [2.75, 3.05) is 13.1 Å². The van der Waals surface area contributed by atoms with Crippen LogP contribution in [0.2, 0.25) is 0 Å². The molecule has 0 aromatic heterocycles. The second-order valence-corrected chi connectivity index (χ2v) is 6.50. The van der Waals surface area contributed by atoms with Gasteiger partial charge in [-0.25, -0.2) is 8.42 Å². The molecule has 0 saturated heterocycles. The zero-order chi connectivity index (χ0) is 17.0. The predicted molar refractivity (Wildman–Crippen MR) is 71.7 cm³/mol. The minimum Gasteiger partial charge on any atom is -0.743 e. The van der Waals surface area contributed by atoms with Crippen molar-refractivity contribution >= 4 is 21.9 Å². The molecule has 10 heteroatoms. The fourth-order valence-electron chi connectivity index (χ4n) is 2.40. The van der Waals surface area contributed by atoms with E-state index in [4.69, 9.17) is 0 Å². The Morgan fingerprint density at radius 1 is 1.23 bits per heavy atom. The summed E-state index contributed by atoms with van der Waals surface area (Å²) in [4.78, 5) is 22.2. The van der Waals surface area contributed by atoms with Crippen LogP contribution in [-0.2, 0) is 19.7 Å². The summed E-state index contributed by atoms with van der Waals surface area (Å²) in [5.74, 6) is -2.69. The Morgan fingerprint density at radius 3 is 2.18 bits per heavy atom. The third kappa shape index (κ3) is 4.47. The molecule has 1 saturated carbocycles. The van der Waals surface area contributed by atoms with E-state index in [1.807, 2.05) is 0 Å². The van der Waals surface area contributed by atoms with Gasteiger partial charge in [-0.1, -0.05) is 13.0 Å². The van der Waals surface area contributed by atoms with Gasteiger partial charge in [-0.3, -0.25) is 9.59 Å². The topological polar surface area (TPSA) is 115 Å². The SMILES string of the molecule is C=CC(=O)NCC1CCCC1CNC(=O)C(F)(F)S(=O)(=O)[O-]. The van der Waals surface area contributed by atoms with Gasteiger partial charge in [-0.15, -0.1) is 0 Å². The van der Waals surface area contributed by atoms with Gasteiger partial charge in [-0.05, 0) is 30.8 Å². The van der Waals surface area contributed by atoms with Gasteiger partial charge in [0, 0.05) is 13.1 Å². The average Bonchev–Trinajstić information content (AvgIpc) is 2.88. The summed E-state index contributed by atoms with van der Waals surface area (Å²) in [6, 6.07) is 0. The van der Waals surface area contributed by atoms with E-state index in [0.717, 1.165) is 18.9 Å².